The molecule has 2 aliphatic rings. The maximum atomic E-state index is 12.9. The lowest BCUT2D eigenvalue weighted by Crippen LogP contribution is -2.43. The smallest absolute Gasteiger partial charge is 0.404 e. The molecule has 123 heavy (non-hydrogen) atoms. The molecule has 0 heterocycles. The molecule has 0 bridgehead atoms. The summed E-state index contributed by atoms with van der Waals surface area (Å²) >= 11 is 0. The summed E-state index contributed by atoms with van der Waals surface area (Å²) in [6.45, 7) is 29.8. The molecule has 6 aromatic rings. The van der Waals surface area contributed by atoms with Gasteiger partial charge in [-0.05, 0) is 160 Å². The van der Waals surface area contributed by atoms with Crippen LogP contribution < -0.4 is 0 Å². The van der Waals surface area contributed by atoms with Crippen LogP contribution in [0.15, 0.2) is 182 Å². The number of ether oxygens (including phenoxy) is 7. The standard InChI is InChI=1S/C19H28O2.C18H26O2.C15H20O4.C14H17F3O2.C14H17NO2.C13H18O2.12CH4/c1-4-19(2,3)18(20)21-17(15-11-7-5-8-12-15)16-13-9-6-10-14-16;1-3-14(2)18(19)20-17(15-10-6-4-7-11-15)16-12-8-5-9-13-16;1-5-15(3,13(16)18-4)14(17)19-11(2)12-9-7-6-8-10-12;1-4-13(3,14(15,16)17)12(18)19-10(2)11-8-6-5-7-9-11;1-4-14(3,10-15)13(16)17-11(2)12-8-6-5-7-9-12;1-4-10(2)13(14)15-11(3)12-8-6-5-7-9-12;;;;;;;;;;;;/h5,7-8,11-12,16-17H,4,6,9-10,13-14H2,1-3H3;4,6-7,10-11,14,16-17H,3,5,8-9,12-13H2,1-2H3;6-11H,5H2,1-4H3;5-10H,4H2,1-3H3;5-9,11H,4H2,1-3H3;5-11H,4H2,1-3H3;12*1H4. The number of alkyl halides is 3. The highest BCUT2D eigenvalue weighted by molar-refractivity contribution is 5.99. The van der Waals surface area contributed by atoms with Crippen LogP contribution in [0.4, 0.5) is 13.2 Å². The van der Waals surface area contributed by atoms with Gasteiger partial charge in [-0.2, -0.15) is 18.4 Å². The largest absolute Gasteiger partial charge is 0.468 e. The predicted octanol–water partition coefficient (Wildman–Crippen LogP) is 31.5. The minimum atomic E-state index is -4.62. The third-order valence-corrected chi connectivity index (χ3v) is 21.6. The lowest BCUT2D eigenvalue weighted by atomic mass is 9.82. The van der Waals surface area contributed by atoms with Crippen LogP contribution >= 0.6 is 0 Å². The van der Waals surface area contributed by atoms with Crippen molar-refractivity contribution >= 4 is 41.8 Å². The van der Waals surface area contributed by atoms with Gasteiger partial charge < -0.3 is 33.2 Å². The topological polar surface area (TPSA) is 208 Å². The van der Waals surface area contributed by atoms with Crippen molar-refractivity contribution in [1.29, 1.82) is 5.26 Å². The fourth-order valence-corrected chi connectivity index (χ4v) is 11.7. The molecule has 0 N–H and O–H groups in total. The molecule has 18 heteroatoms. The zero-order valence-corrected chi connectivity index (χ0v) is 69.2. The number of carbonyl (C=O) groups is 7. The Morgan fingerprint density at radius 3 is 0.886 bits per heavy atom. The van der Waals surface area contributed by atoms with Gasteiger partial charge in [0.2, 0.25) is 0 Å². The Morgan fingerprint density at radius 2 is 0.626 bits per heavy atom. The van der Waals surface area contributed by atoms with Crippen molar-refractivity contribution in [3.63, 3.8) is 0 Å². The van der Waals surface area contributed by atoms with Crippen LogP contribution in [0.25, 0.3) is 0 Å². The van der Waals surface area contributed by atoms with E-state index in [0.29, 0.717) is 30.2 Å². The molecule has 2 saturated carbocycles. The summed E-state index contributed by atoms with van der Waals surface area (Å²) in [5.74, 6) is -2.13. The van der Waals surface area contributed by atoms with E-state index in [0.717, 1.165) is 54.0 Å². The zero-order chi connectivity index (χ0) is 83.0. The molecule has 0 amide bonds. The zero-order valence-electron chi connectivity index (χ0n) is 69.2. The lowest BCUT2D eigenvalue weighted by molar-refractivity contribution is -0.233. The molecule has 704 valence electrons. The third kappa shape index (κ3) is 43.4. The number of esters is 7. The molecule has 2 aliphatic carbocycles. The van der Waals surface area contributed by atoms with Crippen molar-refractivity contribution < 1.29 is 79.9 Å². The molecule has 0 radical (unpaired) electrons. The summed E-state index contributed by atoms with van der Waals surface area (Å²) in [7, 11) is 1.27. The summed E-state index contributed by atoms with van der Waals surface area (Å²) in [6.07, 6.45) is 8.88. The number of benzene rings is 6. The van der Waals surface area contributed by atoms with E-state index in [-0.39, 0.29) is 150 Å². The quantitative estimate of drug-likeness (QED) is 0.0267. The first-order valence-electron chi connectivity index (χ1n) is 39.7. The average molecular weight is 1730 g/mol. The van der Waals surface area contributed by atoms with Crippen LogP contribution in [-0.2, 0) is 66.7 Å². The van der Waals surface area contributed by atoms with Crippen molar-refractivity contribution in [2.75, 3.05) is 7.11 Å². The van der Waals surface area contributed by atoms with Crippen LogP contribution in [0.5, 0.6) is 0 Å². The maximum Gasteiger partial charge on any atom is 0.404 e. The molecule has 0 aliphatic heterocycles. The first kappa shape index (κ1) is 134. The van der Waals surface area contributed by atoms with Gasteiger partial charge in [-0.25, -0.2) is 0 Å². The van der Waals surface area contributed by atoms with E-state index in [1.807, 2.05) is 189 Å². The molecule has 8 rings (SSSR count). The third-order valence-electron chi connectivity index (χ3n) is 21.6. The first-order valence-corrected chi connectivity index (χ1v) is 39.7. The van der Waals surface area contributed by atoms with Gasteiger partial charge in [-0.3, -0.25) is 33.6 Å². The summed E-state index contributed by atoms with van der Waals surface area (Å²) in [4.78, 5) is 83.7. The summed E-state index contributed by atoms with van der Waals surface area (Å²) in [5.41, 5.74) is 0.640. The van der Waals surface area contributed by atoms with Gasteiger partial charge in [0.15, 0.2) is 16.2 Å². The number of nitrogens with zero attached hydrogens (tertiary/aromatic N) is 1. The van der Waals surface area contributed by atoms with E-state index < -0.39 is 63.9 Å². The van der Waals surface area contributed by atoms with Crippen molar-refractivity contribution in [3.05, 3.63) is 215 Å². The van der Waals surface area contributed by atoms with Gasteiger partial charge in [0, 0.05) is 11.8 Å². The molecular weight excluding hydrogens is 1560 g/mol. The summed E-state index contributed by atoms with van der Waals surface area (Å²) in [6, 6.07) is 59.8. The first-order chi connectivity index (χ1) is 52.6. The Bertz CT molecular complexity index is 3720. The second-order valence-corrected chi connectivity index (χ2v) is 30.2. The van der Waals surface area contributed by atoms with Crippen molar-refractivity contribution in [2.45, 2.75) is 352 Å². The van der Waals surface area contributed by atoms with Gasteiger partial charge >= 0.3 is 48.0 Å². The molecule has 0 spiro atoms. The summed E-state index contributed by atoms with van der Waals surface area (Å²) in [5, 5.41) is 8.99. The lowest BCUT2D eigenvalue weighted by Gasteiger charge is -2.33. The van der Waals surface area contributed by atoms with Crippen molar-refractivity contribution in [2.24, 2.45) is 45.3 Å². The van der Waals surface area contributed by atoms with Crippen LogP contribution in [0.3, 0.4) is 0 Å². The second-order valence-electron chi connectivity index (χ2n) is 30.2. The van der Waals surface area contributed by atoms with Gasteiger partial charge in [0.05, 0.1) is 30.4 Å². The summed E-state index contributed by atoms with van der Waals surface area (Å²) < 4.78 is 76.3. The maximum absolute atomic E-state index is 12.9. The molecule has 6 aromatic carbocycles. The Labute approximate surface area is 749 Å². The SMILES string of the molecule is C.C.C.C.C.C.C.C.C.C.C.C.CCC(C)(C#N)C(=O)OC(C)c1ccccc1.CCC(C)(C(=O)OC(C)c1ccccc1)C(F)(F)F.CCC(C)(C(=O)OC)C(=O)OC(C)c1ccccc1.CCC(C)(C)C(=O)OC(c1ccccc1)C1CCCCC1.CCC(C)C(=O)OC(C)c1ccccc1.CCC(C)C(=O)OC(c1ccccc1)C1CCCCC1. The van der Waals surface area contributed by atoms with E-state index in [2.05, 4.69) is 29.0 Å². The Balaban J connectivity index is -0.000000153. The fourth-order valence-electron chi connectivity index (χ4n) is 11.7. The number of rotatable bonds is 27. The van der Waals surface area contributed by atoms with Gasteiger partial charge in [0.25, 0.3) is 0 Å². The highest BCUT2D eigenvalue weighted by atomic mass is 19.4. The minimum absolute atomic E-state index is 0. The molecule has 11 unspecified atom stereocenters. The molecule has 2 fully saturated rings. The molecule has 11 atom stereocenters. The molecule has 0 saturated heterocycles. The van der Waals surface area contributed by atoms with Crippen LogP contribution in [0.2, 0.25) is 0 Å². The Hall–Kier alpha value is -9.11. The number of hydrogen-bond donors (Lipinski definition) is 0. The van der Waals surface area contributed by atoms with E-state index in [1.54, 1.807) is 78.8 Å². The van der Waals surface area contributed by atoms with E-state index >= 15 is 0 Å². The van der Waals surface area contributed by atoms with Gasteiger partial charge in [-0.1, -0.05) is 365 Å². The van der Waals surface area contributed by atoms with Gasteiger partial charge in [0.1, 0.15) is 36.6 Å². The number of halogens is 3. The number of methoxy groups -OCH3 is 1. The van der Waals surface area contributed by atoms with Crippen LogP contribution in [0.1, 0.15) is 380 Å². The molecule has 15 nitrogen and oxygen atoms in total. The van der Waals surface area contributed by atoms with E-state index in [9.17, 15) is 46.7 Å². The van der Waals surface area contributed by atoms with E-state index in [4.69, 9.17) is 33.7 Å². The Kier molecular flexibility index (Phi) is 74.6. The van der Waals surface area contributed by atoms with Gasteiger partial charge in [-0.15, -0.1) is 0 Å². The second kappa shape index (κ2) is 68.3. The number of nitriles is 1. The van der Waals surface area contributed by atoms with Crippen LogP contribution in [0, 0.1) is 56.7 Å². The Morgan fingerprint density at radius 1 is 0.350 bits per heavy atom. The fraction of sp³-hybridized carbons (Fsp3) is 0.581. The normalized spacial score (nSPS) is 15.0. The minimum Gasteiger partial charge on any atom is -0.468 e. The predicted molar refractivity (Wildman–Crippen MR) is 510 cm³/mol. The molecule has 0 aromatic heterocycles. The molecular formula is C105H174F3NO14. The van der Waals surface area contributed by atoms with Crippen molar-refractivity contribution in [1.82, 2.24) is 0 Å². The average Bonchev–Trinajstić information content (AvgIpc) is 0.795. The van der Waals surface area contributed by atoms with Crippen molar-refractivity contribution in [3.8, 4) is 6.07 Å². The van der Waals surface area contributed by atoms with E-state index in [1.165, 1.54) is 78.2 Å². The van der Waals surface area contributed by atoms with Crippen LogP contribution in [-0.4, -0.2) is 55.1 Å². The number of carbonyl (C=O) groups excluding carboxylic acids is 7. The number of hydrogen-bond acceptors (Lipinski definition) is 15. The highest BCUT2D eigenvalue weighted by Crippen LogP contribution is 2.44. The monoisotopic (exact) mass is 1730 g/mol. The highest BCUT2D eigenvalue weighted by Gasteiger charge is 2.57.